The summed E-state index contributed by atoms with van der Waals surface area (Å²) in [7, 11) is 0. The summed E-state index contributed by atoms with van der Waals surface area (Å²) < 4.78 is 0. The van der Waals surface area contributed by atoms with Crippen LogP contribution in [0.3, 0.4) is 0 Å². The highest BCUT2D eigenvalue weighted by atomic mass is 15.5. The first kappa shape index (κ1) is 19.2. The maximum atomic E-state index is 4.86. The smallest absolute Gasteiger partial charge is 0.224 e. The van der Waals surface area contributed by atoms with E-state index in [1.54, 1.807) is 0 Å². The molecule has 0 bridgehead atoms. The third-order valence-corrected chi connectivity index (χ3v) is 1.54. The second-order valence-electron chi connectivity index (χ2n) is 3.05. The molecule has 0 radical (unpaired) electrons. The molecule has 14 nitrogen and oxygen atoms in total. The molecular weight excluding hydrogens is 304 g/mol. The van der Waals surface area contributed by atoms with E-state index in [9.17, 15) is 0 Å². The summed E-state index contributed by atoms with van der Waals surface area (Å²) in [4.78, 5) is 0. The molecule has 0 spiro atoms. The Bertz CT molecular complexity index is 464. The quantitative estimate of drug-likeness (QED) is 0.113. The molecule has 2 aromatic rings. The summed E-state index contributed by atoms with van der Waals surface area (Å²) >= 11 is 0. The molecule has 0 amide bonds. The van der Waals surface area contributed by atoms with E-state index in [1.807, 2.05) is 42.1 Å². The molecule has 0 unspecified atom stereocenters. The van der Waals surface area contributed by atoms with E-state index in [-0.39, 0.29) is 5.96 Å². The molecule has 0 fully saturated rings. The zero-order valence-electron chi connectivity index (χ0n) is 12.0. The fraction of sp³-hybridized carbons (Fsp3) is 0. The van der Waals surface area contributed by atoms with Crippen LogP contribution in [0.15, 0.2) is 54.5 Å². The van der Waals surface area contributed by atoms with E-state index >= 15 is 0 Å². The fourth-order valence-corrected chi connectivity index (χ4v) is 0.702. The Balaban J connectivity index is 0.000000283. The molecule has 0 saturated heterocycles. The van der Waals surface area contributed by atoms with Crippen molar-refractivity contribution in [1.82, 2.24) is 52.0 Å². The van der Waals surface area contributed by atoms with E-state index in [4.69, 9.17) is 11.6 Å². The second-order valence-corrected chi connectivity index (χ2v) is 3.05. The predicted molar refractivity (Wildman–Crippen MR) is 82.0 cm³/mol. The van der Waals surface area contributed by atoms with Crippen LogP contribution >= 0.6 is 0 Å². The summed E-state index contributed by atoms with van der Waals surface area (Å²) in [5.74, 6) is 9.32. The minimum atomic E-state index is 0.0231. The lowest BCUT2D eigenvalue weighted by molar-refractivity contribution is 0.881. The van der Waals surface area contributed by atoms with Crippen molar-refractivity contribution in [3.63, 3.8) is 0 Å². The Morgan fingerprint density at radius 3 is 1.65 bits per heavy atom. The van der Waals surface area contributed by atoms with Crippen LogP contribution in [0.5, 0.6) is 0 Å². The van der Waals surface area contributed by atoms with Crippen LogP contribution in [-0.2, 0) is 0 Å². The van der Waals surface area contributed by atoms with Crippen molar-refractivity contribution in [1.29, 1.82) is 0 Å². The number of hydrazone groups is 1. The minimum absolute atomic E-state index is 0.0231. The van der Waals surface area contributed by atoms with Gasteiger partial charge in [0, 0.05) is 12.4 Å². The van der Waals surface area contributed by atoms with Crippen molar-refractivity contribution < 1.29 is 0 Å². The van der Waals surface area contributed by atoms with Crippen LogP contribution in [-0.4, -0.2) is 47.2 Å². The third kappa shape index (κ3) is 16.1. The number of rotatable bonds is 0. The van der Waals surface area contributed by atoms with Crippen LogP contribution < -0.4 is 28.2 Å². The maximum Gasteiger partial charge on any atom is 0.224 e. The number of nitrogens with zero attached hydrogens (tertiary/aromatic N) is 7. The molecule has 3 heterocycles. The van der Waals surface area contributed by atoms with Gasteiger partial charge in [0.25, 0.3) is 0 Å². The fourth-order valence-electron chi connectivity index (χ4n) is 0.702. The Hall–Kier alpha value is -3.81. The largest absolute Gasteiger partial charge is 0.368 e. The molecule has 1 aliphatic heterocycles. The highest BCUT2D eigenvalue weighted by molar-refractivity contribution is 5.76. The highest BCUT2D eigenvalue weighted by Gasteiger charge is 1.73. The molecule has 0 atom stereocenters. The SMILES string of the molecule is C1=CC=CNC=C1.NN=C(N)NN.c1nn[nH]n1.c1nn[nH]n1. The van der Waals surface area contributed by atoms with Gasteiger partial charge in [0.15, 0.2) is 12.7 Å². The van der Waals surface area contributed by atoms with E-state index in [0.29, 0.717) is 0 Å². The molecule has 0 aliphatic carbocycles. The number of hydrogen-bond donors (Lipinski definition) is 7. The average Bonchev–Trinajstić information content (AvgIpc) is 3.30. The number of H-pyrrole nitrogens is 2. The monoisotopic (exact) mass is 322 g/mol. The number of hydrogen-bond acceptors (Lipinski definition) is 10. The van der Waals surface area contributed by atoms with Crippen LogP contribution in [0.1, 0.15) is 0 Å². The molecule has 10 N–H and O–H groups in total. The number of hydrazine groups is 1. The maximum absolute atomic E-state index is 4.86. The first-order valence-corrected chi connectivity index (χ1v) is 5.88. The van der Waals surface area contributed by atoms with Gasteiger partial charge in [0.1, 0.15) is 0 Å². The summed E-state index contributed by atoms with van der Waals surface area (Å²) in [6, 6.07) is 0. The van der Waals surface area contributed by atoms with Crippen molar-refractivity contribution >= 4 is 5.96 Å². The molecular formula is C9H18N14. The molecule has 1 aliphatic rings. The number of allylic oxidation sites excluding steroid dienone is 4. The Morgan fingerprint density at radius 1 is 0.913 bits per heavy atom. The van der Waals surface area contributed by atoms with Gasteiger partial charge in [-0.1, -0.05) is 22.6 Å². The molecule has 14 heteroatoms. The number of guanidine groups is 1. The van der Waals surface area contributed by atoms with Crippen LogP contribution in [0.4, 0.5) is 0 Å². The first-order valence-electron chi connectivity index (χ1n) is 5.88. The molecule has 0 aromatic carbocycles. The van der Waals surface area contributed by atoms with Crippen molar-refractivity contribution in [3.8, 4) is 0 Å². The van der Waals surface area contributed by atoms with Gasteiger partial charge in [0.05, 0.1) is 0 Å². The van der Waals surface area contributed by atoms with Crippen LogP contribution in [0, 0.1) is 0 Å². The second kappa shape index (κ2) is 16.2. The van der Waals surface area contributed by atoms with E-state index in [2.05, 4.69) is 57.5 Å². The molecule has 124 valence electrons. The summed E-state index contributed by atoms with van der Waals surface area (Å²) in [5.41, 5.74) is 6.88. The number of aromatic amines is 2. The van der Waals surface area contributed by atoms with Crippen LogP contribution in [0.2, 0.25) is 0 Å². The predicted octanol–water partition coefficient (Wildman–Crippen LogP) is -2.79. The number of aromatic nitrogens is 8. The summed E-state index contributed by atoms with van der Waals surface area (Å²) in [6.45, 7) is 0. The zero-order chi connectivity index (χ0) is 17.0. The van der Waals surface area contributed by atoms with Gasteiger partial charge in [-0.15, -0.1) is 25.5 Å². The van der Waals surface area contributed by atoms with Crippen molar-refractivity contribution in [3.05, 3.63) is 49.4 Å². The Labute approximate surface area is 130 Å². The summed E-state index contributed by atoms with van der Waals surface area (Å²) in [6.07, 6.45) is 14.2. The van der Waals surface area contributed by atoms with Crippen molar-refractivity contribution in [2.75, 3.05) is 0 Å². The van der Waals surface area contributed by atoms with Gasteiger partial charge >= 0.3 is 0 Å². The van der Waals surface area contributed by atoms with Crippen molar-refractivity contribution in [2.45, 2.75) is 0 Å². The summed E-state index contributed by atoms with van der Waals surface area (Å²) in [5, 5.41) is 30.2. The number of nitrogens with two attached hydrogens (primary N) is 3. The van der Waals surface area contributed by atoms with E-state index < -0.39 is 0 Å². The molecule has 3 rings (SSSR count). The normalized spacial score (nSPS) is 11.3. The van der Waals surface area contributed by atoms with Gasteiger partial charge in [-0.3, -0.25) is 5.43 Å². The lowest BCUT2D eigenvalue weighted by atomic mass is 10.5. The highest BCUT2D eigenvalue weighted by Crippen LogP contribution is 1.81. The minimum Gasteiger partial charge on any atom is -0.368 e. The molecule has 23 heavy (non-hydrogen) atoms. The first-order chi connectivity index (χ1) is 11.3. The third-order valence-electron chi connectivity index (χ3n) is 1.54. The van der Waals surface area contributed by atoms with Gasteiger partial charge in [-0.25, -0.2) is 5.84 Å². The number of nitrogens with one attached hydrogen (secondary N) is 4. The molecule has 0 saturated carbocycles. The van der Waals surface area contributed by atoms with Crippen LogP contribution in [0.25, 0.3) is 0 Å². The molecule has 2 aromatic heterocycles. The number of tetrazole rings is 2. The lowest BCUT2D eigenvalue weighted by Crippen LogP contribution is -2.37. The standard InChI is InChI=1S/C6H7N.CH7N5.2CH2N4/c1-2-4-6-7-5-3-1;2-1(5-3)6-4;2*1-2-4-5-3-1/h1-7H;3-4H2,(H3,2,5,6);2*1H,(H,2,3,4,5). The van der Waals surface area contributed by atoms with Gasteiger partial charge in [-0.05, 0) is 12.2 Å². The van der Waals surface area contributed by atoms with Gasteiger partial charge in [-0.2, -0.15) is 10.4 Å². The van der Waals surface area contributed by atoms with E-state index in [1.165, 1.54) is 12.7 Å². The topological polar surface area (TPSA) is 223 Å². The lowest BCUT2D eigenvalue weighted by Gasteiger charge is -1.89. The van der Waals surface area contributed by atoms with Gasteiger partial charge in [0.2, 0.25) is 5.96 Å². The Kier molecular flexibility index (Phi) is 13.6. The van der Waals surface area contributed by atoms with Gasteiger partial charge < -0.3 is 16.9 Å². The Morgan fingerprint density at radius 2 is 1.43 bits per heavy atom. The zero-order valence-corrected chi connectivity index (χ0v) is 12.0. The average molecular weight is 322 g/mol. The van der Waals surface area contributed by atoms with Crippen molar-refractivity contribution in [2.24, 2.45) is 22.5 Å². The van der Waals surface area contributed by atoms with E-state index in [0.717, 1.165) is 0 Å².